The molecule has 1 aliphatic rings. The van der Waals surface area contributed by atoms with Crippen molar-refractivity contribution >= 4 is 19.6 Å². The van der Waals surface area contributed by atoms with Crippen LogP contribution in [0.5, 0.6) is 11.5 Å². The molecule has 5 nitrogen and oxygen atoms in total. The maximum atomic E-state index is 11.6. The van der Waals surface area contributed by atoms with Crippen molar-refractivity contribution in [2.75, 3.05) is 31.6 Å². The Bertz CT molecular complexity index is 590. The first-order valence-electron chi connectivity index (χ1n) is 7.74. The third kappa shape index (κ3) is 7.41. The van der Waals surface area contributed by atoms with Gasteiger partial charge in [-0.3, -0.25) is 0 Å². The van der Waals surface area contributed by atoms with E-state index >= 15 is 0 Å². The summed E-state index contributed by atoms with van der Waals surface area (Å²) in [5.74, 6) is 3.18. The van der Waals surface area contributed by atoms with Crippen LogP contribution in [-0.4, -0.2) is 31.6 Å². The van der Waals surface area contributed by atoms with Crippen LogP contribution in [0.3, 0.4) is 0 Å². The highest BCUT2D eigenvalue weighted by Crippen LogP contribution is 2.40. The Hall–Kier alpha value is -1.46. The van der Waals surface area contributed by atoms with E-state index in [1.54, 1.807) is 65.6 Å². The molecule has 1 fully saturated rings. The third-order valence-corrected chi connectivity index (χ3v) is 5.12. The summed E-state index contributed by atoms with van der Waals surface area (Å²) in [6.07, 6.45) is 0. The molecule has 0 radical (unpaired) electrons. The molecule has 1 aliphatic heterocycles. The number of para-hydroxylation sites is 2. The molecule has 0 atom stereocenters. The molecule has 3 rings (SSSR count). The van der Waals surface area contributed by atoms with Crippen LogP contribution in [0, 0.1) is 0 Å². The van der Waals surface area contributed by atoms with Gasteiger partial charge in [0.2, 0.25) is 0 Å². The van der Waals surface area contributed by atoms with Crippen LogP contribution < -0.4 is 18.8 Å². The normalized spacial score (nSPS) is 15.1. The summed E-state index contributed by atoms with van der Waals surface area (Å²) in [6.45, 7) is 2.73. The van der Waals surface area contributed by atoms with Gasteiger partial charge in [-0.2, -0.15) is 11.8 Å². The van der Waals surface area contributed by atoms with Crippen LogP contribution in [0.15, 0.2) is 60.7 Å². The van der Waals surface area contributed by atoms with E-state index in [1.807, 2.05) is 0 Å². The molecule has 1 N–H and O–H groups in total. The topological polar surface area (TPSA) is 63.0 Å². The van der Waals surface area contributed by atoms with E-state index in [-0.39, 0.29) is 11.5 Å². The fourth-order valence-corrected chi connectivity index (χ4v) is 3.95. The SMILES string of the molecule is C[NH+]1CCSCC1.O=P([O-])(Oc1ccccc1)Oc1ccccc1. The van der Waals surface area contributed by atoms with Gasteiger partial charge in [0.25, 0.3) is 0 Å². The van der Waals surface area contributed by atoms with Crippen LogP contribution in [0.2, 0.25) is 0 Å². The van der Waals surface area contributed by atoms with E-state index in [9.17, 15) is 9.46 Å². The third-order valence-electron chi connectivity index (χ3n) is 3.27. The maximum absolute atomic E-state index is 11.6. The Morgan fingerprint density at radius 3 is 1.67 bits per heavy atom. The molecule has 1 heterocycles. The highest BCUT2D eigenvalue weighted by molar-refractivity contribution is 7.99. The lowest BCUT2D eigenvalue weighted by molar-refractivity contribution is -0.875. The first-order chi connectivity index (χ1) is 11.6. The molecular formula is C17H22NO4PS. The Kier molecular flexibility index (Phi) is 7.66. The van der Waals surface area contributed by atoms with E-state index in [4.69, 9.17) is 9.05 Å². The van der Waals surface area contributed by atoms with Gasteiger partial charge in [-0.25, -0.2) is 4.57 Å². The molecule has 0 bridgehead atoms. The van der Waals surface area contributed by atoms with Gasteiger partial charge in [-0.1, -0.05) is 36.4 Å². The van der Waals surface area contributed by atoms with Crippen LogP contribution in [0.25, 0.3) is 0 Å². The standard InChI is InChI=1S/C12H11O4P.C5H11NS/c13-17(14,15-11-7-3-1-4-8-11)16-12-9-5-2-6-10-12;1-6-2-4-7-5-3-6/h1-10H,(H,13,14);2-5H2,1H3. The first kappa shape index (κ1) is 18.9. The fraction of sp³-hybridized carbons (Fsp3) is 0.294. The van der Waals surface area contributed by atoms with Gasteiger partial charge >= 0.3 is 7.82 Å². The van der Waals surface area contributed by atoms with Gasteiger partial charge < -0.3 is 18.8 Å². The van der Waals surface area contributed by atoms with Gasteiger partial charge in [0.1, 0.15) is 11.5 Å². The summed E-state index contributed by atoms with van der Waals surface area (Å²) in [4.78, 5) is 13.2. The second-order valence-corrected chi connectivity index (χ2v) is 7.81. The monoisotopic (exact) mass is 367 g/mol. The van der Waals surface area contributed by atoms with Crippen molar-refractivity contribution in [3.63, 3.8) is 0 Å². The largest absolute Gasteiger partial charge is 0.736 e. The van der Waals surface area contributed by atoms with Crippen LogP contribution >= 0.6 is 19.6 Å². The van der Waals surface area contributed by atoms with Crippen molar-refractivity contribution in [1.82, 2.24) is 0 Å². The molecule has 24 heavy (non-hydrogen) atoms. The Morgan fingerprint density at radius 2 is 1.33 bits per heavy atom. The average Bonchev–Trinajstić information content (AvgIpc) is 2.57. The number of benzene rings is 2. The molecule has 2 aromatic carbocycles. The summed E-state index contributed by atoms with van der Waals surface area (Å²) in [5, 5.41) is 0. The van der Waals surface area contributed by atoms with Crippen molar-refractivity contribution in [2.45, 2.75) is 0 Å². The van der Waals surface area contributed by atoms with Gasteiger partial charge in [-0.05, 0) is 24.3 Å². The quantitative estimate of drug-likeness (QED) is 0.836. The zero-order chi connectivity index (χ0) is 17.3. The van der Waals surface area contributed by atoms with E-state index in [0.29, 0.717) is 0 Å². The number of nitrogens with one attached hydrogen (secondary N) is 1. The van der Waals surface area contributed by atoms with Crippen molar-refractivity contribution in [1.29, 1.82) is 0 Å². The molecule has 1 saturated heterocycles. The summed E-state index contributed by atoms with van der Waals surface area (Å²) in [7, 11) is -2.12. The zero-order valence-corrected chi connectivity index (χ0v) is 15.3. The molecule has 0 amide bonds. The van der Waals surface area contributed by atoms with Crippen LogP contribution in [-0.2, 0) is 4.57 Å². The second-order valence-electron chi connectivity index (χ2n) is 5.33. The smallest absolute Gasteiger partial charge is 0.372 e. The predicted molar refractivity (Wildman–Crippen MR) is 95.7 cm³/mol. The van der Waals surface area contributed by atoms with Crippen molar-refractivity contribution in [3.05, 3.63) is 60.7 Å². The molecule has 7 heteroatoms. The lowest BCUT2D eigenvalue weighted by Gasteiger charge is -2.23. The fourth-order valence-electron chi connectivity index (χ4n) is 1.96. The summed E-state index contributed by atoms with van der Waals surface area (Å²) >= 11 is 2.08. The molecule has 0 aromatic heterocycles. The molecular weight excluding hydrogens is 345 g/mol. The summed E-state index contributed by atoms with van der Waals surface area (Å²) in [6, 6.07) is 16.4. The van der Waals surface area contributed by atoms with Gasteiger partial charge in [0.05, 0.1) is 20.1 Å². The lowest BCUT2D eigenvalue weighted by Crippen LogP contribution is -3.10. The van der Waals surface area contributed by atoms with Crippen molar-refractivity contribution < 1.29 is 23.4 Å². The molecule has 0 aliphatic carbocycles. The lowest BCUT2D eigenvalue weighted by atomic mass is 10.3. The number of quaternary nitrogens is 1. The van der Waals surface area contributed by atoms with Gasteiger partial charge in [0, 0.05) is 11.5 Å². The number of phosphoric acid groups is 1. The minimum Gasteiger partial charge on any atom is -0.736 e. The van der Waals surface area contributed by atoms with Crippen molar-refractivity contribution in [3.8, 4) is 11.5 Å². The Balaban J connectivity index is 0.000000249. The van der Waals surface area contributed by atoms with E-state index in [1.165, 1.54) is 24.6 Å². The van der Waals surface area contributed by atoms with Crippen LogP contribution in [0.1, 0.15) is 0 Å². The number of hydrogen-bond donors (Lipinski definition) is 1. The Labute approximate surface area is 147 Å². The van der Waals surface area contributed by atoms with Gasteiger partial charge in [-0.15, -0.1) is 0 Å². The minimum absolute atomic E-state index is 0.224. The first-order valence-corrected chi connectivity index (χ1v) is 10.4. The number of rotatable bonds is 4. The summed E-state index contributed by atoms with van der Waals surface area (Å²) in [5.41, 5.74) is 0. The predicted octanol–water partition coefficient (Wildman–Crippen LogP) is 1.86. The van der Waals surface area contributed by atoms with Crippen molar-refractivity contribution in [2.24, 2.45) is 0 Å². The van der Waals surface area contributed by atoms with Gasteiger partial charge in [0.15, 0.2) is 0 Å². The maximum Gasteiger partial charge on any atom is 0.372 e. The summed E-state index contributed by atoms with van der Waals surface area (Å²) < 4.78 is 21.1. The molecule has 130 valence electrons. The average molecular weight is 367 g/mol. The highest BCUT2D eigenvalue weighted by atomic mass is 32.2. The molecule has 2 aromatic rings. The Morgan fingerprint density at radius 1 is 0.917 bits per heavy atom. The minimum atomic E-state index is -4.39. The number of hydrogen-bond acceptors (Lipinski definition) is 5. The molecule has 0 spiro atoms. The second kappa shape index (κ2) is 9.74. The molecule has 0 saturated carbocycles. The number of phosphoric ester groups is 1. The number of thioether (sulfide) groups is 1. The highest BCUT2D eigenvalue weighted by Gasteiger charge is 2.12. The van der Waals surface area contributed by atoms with Crippen LogP contribution in [0.4, 0.5) is 0 Å². The zero-order valence-electron chi connectivity index (χ0n) is 13.6. The van der Waals surface area contributed by atoms with E-state index in [0.717, 1.165) is 0 Å². The molecule has 0 unspecified atom stereocenters. The van der Waals surface area contributed by atoms with E-state index in [2.05, 4.69) is 18.8 Å². The van der Waals surface area contributed by atoms with E-state index < -0.39 is 7.82 Å².